The maximum absolute atomic E-state index is 3.96. The standard InChI is InChI=1S/C9H10N2/c1-7-3-5-8(6-4-7)9(2)10-11-9/h3-6H,1-2H3. The molecule has 0 saturated carbocycles. The Balaban J connectivity index is 2.34. The Morgan fingerprint density at radius 2 is 1.64 bits per heavy atom. The van der Waals surface area contributed by atoms with E-state index in [1.165, 1.54) is 11.1 Å². The van der Waals surface area contributed by atoms with E-state index in [2.05, 4.69) is 41.4 Å². The monoisotopic (exact) mass is 146 g/mol. The normalized spacial score (nSPS) is 18.4. The molecule has 0 radical (unpaired) electrons. The van der Waals surface area contributed by atoms with Crippen LogP contribution in [0.15, 0.2) is 34.5 Å². The van der Waals surface area contributed by atoms with Crippen molar-refractivity contribution in [1.82, 2.24) is 0 Å². The third-order valence-corrected chi connectivity index (χ3v) is 2.00. The van der Waals surface area contributed by atoms with Crippen molar-refractivity contribution >= 4 is 0 Å². The molecule has 0 bridgehead atoms. The highest BCUT2D eigenvalue weighted by Gasteiger charge is 2.35. The maximum atomic E-state index is 3.96. The lowest BCUT2D eigenvalue weighted by Gasteiger charge is -2.02. The van der Waals surface area contributed by atoms with E-state index in [4.69, 9.17) is 0 Å². The van der Waals surface area contributed by atoms with Crippen LogP contribution in [-0.2, 0) is 5.66 Å². The van der Waals surface area contributed by atoms with Crippen LogP contribution in [0.2, 0.25) is 0 Å². The highest BCUT2D eigenvalue weighted by Crippen LogP contribution is 2.38. The summed E-state index contributed by atoms with van der Waals surface area (Å²) in [6.45, 7) is 4.09. The molecule has 0 amide bonds. The lowest BCUT2D eigenvalue weighted by atomic mass is 10.0. The topological polar surface area (TPSA) is 24.7 Å². The van der Waals surface area contributed by atoms with Gasteiger partial charge in [-0.25, -0.2) is 0 Å². The molecule has 0 spiro atoms. The highest BCUT2D eigenvalue weighted by molar-refractivity contribution is 5.29. The Bertz CT molecular complexity index is 292. The van der Waals surface area contributed by atoms with Crippen LogP contribution in [0, 0.1) is 6.92 Å². The van der Waals surface area contributed by atoms with Crippen molar-refractivity contribution in [2.45, 2.75) is 19.5 Å². The van der Waals surface area contributed by atoms with Gasteiger partial charge in [0.25, 0.3) is 0 Å². The zero-order valence-electron chi connectivity index (χ0n) is 6.70. The summed E-state index contributed by atoms with van der Waals surface area (Å²) in [7, 11) is 0. The van der Waals surface area contributed by atoms with Crippen LogP contribution in [-0.4, -0.2) is 0 Å². The maximum Gasteiger partial charge on any atom is 0.213 e. The molecular weight excluding hydrogens is 136 g/mol. The van der Waals surface area contributed by atoms with Crippen LogP contribution < -0.4 is 0 Å². The molecule has 11 heavy (non-hydrogen) atoms. The van der Waals surface area contributed by atoms with Crippen LogP contribution in [0.4, 0.5) is 0 Å². The van der Waals surface area contributed by atoms with E-state index < -0.39 is 0 Å². The molecule has 1 aromatic rings. The predicted octanol–water partition coefficient (Wildman–Crippen LogP) is 2.63. The van der Waals surface area contributed by atoms with Gasteiger partial charge in [-0.1, -0.05) is 29.8 Å². The number of hydrogen-bond acceptors (Lipinski definition) is 2. The number of benzene rings is 1. The van der Waals surface area contributed by atoms with Gasteiger partial charge in [-0.05, 0) is 13.8 Å². The van der Waals surface area contributed by atoms with Crippen molar-refractivity contribution in [2.75, 3.05) is 0 Å². The van der Waals surface area contributed by atoms with Gasteiger partial charge in [-0.3, -0.25) is 0 Å². The third-order valence-electron chi connectivity index (χ3n) is 2.00. The van der Waals surface area contributed by atoms with Crippen LogP contribution in [0.25, 0.3) is 0 Å². The summed E-state index contributed by atoms with van der Waals surface area (Å²) in [6, 6.07) is 8.33. The molecule has 0 unspecified atom stereocenters. The number of nitrogens with zero attached hydrogens (tertiary/aromatic N) is 2. The molecular formula is C9H10N2. The van der Waals surface area contributed by atoms with Gasteiger partial charge in [0.15, 0.2) is 0 Å². The lowest BCUT2D eigenvalue weighted by molar-refractivity contribution is 0.729. The first kappa shape index (κ1) is 6.53. The van der Waals surface area contributed by atoms with Crippen LogP contribution in [0.1, 0.15) is 18.1 Å². The smallest absolute Gasteiger partial charge is 0.154 e. The molecule has 0 fully saturated rings. The second-order valence-electron chi connectivity index (χ2n) is 3.09. The largest absolute Gasteiger partial charge is 0.213 e. The first-order valence-electron chi connectivity index (χ1n) is 3.72. The fraction of sp³-hybridized carbons (Fsp3) is 0.333. The van der Waals surface area contributed by atoms with E-state index in [1.807, 2.05) is 6.92 Å². The summed E-state index contributed by atoms with van der Waals surface area (Å²) < 4.78 is 0. The van der Waals surface area contributed by atoms with Crippen molar-refractivity contribution in [2.24, 2.45) is 10.2 Å². The number of aryl methyl sites for hydroxylation is 1. The Kier molecular flexibility index (Phi) is 1.13. The summed E-state index contributed by atoms with van der Waals surface area (Å²) in [5.41, 5.74) is 2.24. The lowest BCUT2D eigenvalue weighted by Crippen LogP contribution is -2.00. The average Bonchev–Trinajstić information content (AvgIpc) is 2.70. The summed E-state index contributed by atoms with van der Waals surface area (Å²) >= 11 is 0. The average molecular weight is 146 g/mol. The van der Waals surface area contributed by atoms with Gasteiger partial charge < -0.3 is 0 Å². The predicted molar refractivity (Wildman–Crippen MR) is 43.4 cm³/mol. The summed E-state index contributed by atoms with van der Waals surface area (Å²) in [5.74, 6) is 0. The van der Waals surface area contributed by atoms with Crippen molar-refractivity contribution in [3.8, 4) is 0 Å². The molecule has 0 aromatic heterocycles. The second-order valence-corrected chi connectivity index (χ2v) is 3.09. The van der Waals surface area contributed by atoms with Crippen molar-refractivity contribution in [1.29, 1.82) is 0 Å². The zero-order valence-corrected chi connectivity index (χ0v) is 6.70. The first-order chi connectivity index (χ1) is 5.21. The van der Waals surface area contributed by atoms with E-state index >= 15 is 0 Å². The molecule has 0 N–H and O–H groups in total. The van der Waals surface area contributed by atoms with Gasteiger partial charge in [0.1, 0.15) is 0 Å². The van der Waals surface area contributed by atoms with E-state index in [0.29, 0.717) is 0 Å². The molecule has 2 nitrogen and oxygen atoms in total. The van der Waals surface area contributed by atoms with Crippen molar-refractivity contribution < 1.29 is 0 Å². The fourth-order valence-electron chi connectivity index (χ4n) is 1.06. The third kappa shape index (κ3) is 1.04. The molecule has 0 saturated heterocycles. The number of rotatable bonds is 1. The molecule has 1 heterocycles. The molecule has 2 rings (SSSR count). The van der Waals surface area contributed by atoms with E-state index in [0.717, 1.165) is 0 Å². The van der Waals surface area contributed by atoms with Gasteiger partial charge in [0.2, 0.25) is 5.66 Å². The van der Waals surface area contributed by atoms with Crippen LogP contribution >= 0.6 is 0 Å². The molecule has 0 atom stereocenters. The number of hydrogen-bond donors (Lipinski definition) is 0. The van der Waals surface area contributed by atoms with Gasteiger partial charge >= 0.3 is 0 Å². The molecule has 2 heteroatoms. The molecule has 56 valence electrons. The van der Waals surface area contributed by atoms with Gasteiger partial charge in [-0.2, -0.15) is 10.2 Å². The first-order valence-corrected chi connectivity index (χ1v) is 3.72. The molecule has 1 aliphatic rings. The van der Waals surface area contributed by atoms with Gasteiger partial charge in [0, 0.05) is 5.56 Å². The second kappa shape index (κ2) is 1.91. The minimum absolute atomic E-state index is 0.215. The summed E-state index contributed by atoms with van der Waals surface area (Å²) in [6.07, 6.45) is 0. The molecule has 1 aromatic carbocycles. The van der Waals surface area contributed by atoms with Crippen molar-refractivity contribution in [3.05, 3.63) is 35.4 Å². The minimum Gasteiger partial charge on any atom is -0.154 e. The van der Waals surface area contributed by atoms with Crippen LogP contribution in [0.3, 0.4) is 0 Å². The minimum atomic E-state index is -0.215. The Morgan fingerprint density at radius 1 is 1.09 bits per heavy atom. The van der Waals surface area contributed by atoms with E-state index in [9.17, 15) is 0 Å². The summed E-state index contributed by atoms with van der Waals surface area (Å²) in [4.78, 5) is 0. The SMILES string of the molecule is Cc1ccc(C2(C)N=N2)cc1. The van der Waals surface area contributed by atoms with E-state index in [-0.39, 0.29) is 5.66 Å². The molecule has 1 aliphatic heterocycles. The molecule has 0 aliphatic carbocycles. The van der Waals surface area contributed by atoms with Gasteiger partial charge in [-0.15, -0.1) is 0 Å². The summed E-state index contributed by atoms with van der Waals surface area (Å²) in [5, 5.41) is 7.92. The Hall–Kier alpha value is -1.18. The fourth-order valence-corrected chi connectivity index (χ4v) is 1.06. The zero-order chi connectivity index (χ0) is 7.90. The van der Waals surface area contributed by atoms with E-state index in [1.54, 1.807) is 0 Å². The van der Waals surface area contributed by atoms with Crippen LogP contribution in [0.5, 0.6) is 0 Å². The quantitative estimate of drug-likeness (QED) is 0.582. The Labute approximate surface area is 66.0 Å². The van der Waals surface area contributed by atoms with Gasteiger partial charge in [0.05, 0.1) is 0 Å². The van der Waals surface area contributed by atoms with Crippen molar-refractivity contribution in [3.63, 3.8) is 0 Å². The highest BCUT2D eigenvalue weighted by atomic mass is 15.4. The Morgan fingerprint density at radius 3 is 2.09 bits per heavy atom.